The highest BCUT2D eigenvalue weighted by molar-refractivity contribution is 9.10. The van der Waals surface area contributed by atoms with E-state index in [2.05, 4.69) is 21.2 Å². The summed E-state index contributed by atoms with van der Waals surface area (Å²) in [5, 5.41) is 3.31. The molecule has 3 rings (SSSR count). The number of rotatable bonds is 4. The van der Waals surface area contributed by atoms with Gasteiger partial charge in [0.1, 0.15) is 17.7 Å². The molecule has 0 spiro atoms. The van der Waals surface area contributed by atoms with E-state index in [0.29, 0.717) is 13.2 Å². The Morgan fingerprint density at radius 2 is 1.95 bits per heavy atom. The predicted molar refractivity (Wildman–Crippen MR) is 86.5 cm³/mol. The number of hydrogen-bond acceptors (Lipinski definition) is 3. The lowest BCUT2D eigenvalue weighted by Gasteiger charge is -2.32. The van der Waals surface area contributed by atoms with E-state index < -0.39 is 0 Å². The van der Waals surface area contributed by atoms with Crippen molar-refractivity contribution in [2.45, 2.75) is 12.2 Å². The van der Waals surface area contributed by atoms with Gasteiger partial charge in [0, 0.05) is 13.1 Å². The molecule has 1 N–H and O–H groups in total. The van der Waals surface area contributed by atoms with Crippen molar-refractivity contribution >= 4 is 15.9 Å². The van der Waals surface area contributed by atoms with Gasteiger partial charge >= 0.3 is 0 Å². The first-order valence-electron chi connectivity index (χ1n) is 7.23. The fourth-order valence-electron chi connectivity index (χ4n) is 2.47. The van der Waals surface area contributed by atoms with Crippen molar-refractivity contribution in [2.75, 3.05) is 19.7 Å². The maximum absolute atomic E-state index is 13.2. The van der Waals surface area contributed by atoms with Crippen LogP contribution >= 0.6 is 15.9 Å². The molecule has 1 aliphatic heterocycles. The third-order valence-corrected chi connectivity index (χ3v) is 4.24. The van der Waals surface area contributed by atoms with E-state index in [1.165, 1.54) is 12.1 Å². The number of para-hydroxylation sites is 1. The van der Waals surface area contributed by atoms with Gasteiger partial charge in [-0.2, -0.15) is 0 Å². The Labute approximate surface area is 137 Å². The molecule has 2 atom stereocenters. The van der Waals surface area contributed by atoms with Crippen LogP contribution in [-0.2, 0) is 4.74 Å². The quantitative estimate of drug-likeness (QED) is 0.895. The average Bonchev–Trinajstić information content (AvgIpc) is 2.56. The van der Waals surface area contributed by atoms with Crippen LogP contribution < -0.4 is 10.1 Å². The summed E-state index contributed by atoms with van der Waals surface area (Å²) in [4.78, 5) is 0. The van der Waals surface area contributed by atoms with Gasteiger partial charge in [0.2, 0.25) is 0 Å². The van der Waals surface area contributed by atoms with Gasteiger partial charge in [0.25, 0.3) is 0 Å². The minimum atomic E-state index is -0.299. The summed E-state index contributed by atoms with van der Waals surface area (Å²) >= 11 is 3.49. The van der Waals surface area contributed by atoms with Gasteiger partial charge < -0.3 is 14.8 Å². The molecule has 116 valence electrons. The van der Waals surface area contributed by atoms with Crippen molar-refractivity contribution in [3.63, 3.8) is 0 Å². The lowest BCUT2D eigenvalue weighted by Crippen LogP contribution is -2.43. The lowest BCUT2D eigenvalue weighted by molar-refractivity contribution is -0.0434. The standard InChI is InChI=1S/C17H17BrFNO2/c18-14-3-1-2-4-15(14)22-17(16-11-20-9-10-21-16)12-5-7-13(19)8-6-12/h1-8,16-17,20H,9-11H2/t16-,17+/m1/s1. The molecule has 1 fully saturated rings. The van der Waals surface area contributed by atoms with Gasteiger partial charge in [0.15, 0.2) is 6.10 Å². The Hall–Kier alpha value is -1.43. The number of morpholine rings is 1. The van der Waals surface area contributed by atoms with Crippen molar-refractivity contribution in [2.24, 2.45) is 0 Å². The second kappa shape index (κ2) is 7.22. The van der Waals surface area contributed by atoms with Crippen molar-refractivity contribution in [3.05, 3.63) is 64.4 Å². The van der Waals surface area contributed by atoms with Crippen LogP contribution in [0.15, 0.2) is 53.0 Å². The summed E-state index contributed by atoms with van der Waals surface area (Å²) in [5.74, 6) is 0.483. The summed E-state index contributed by atoms with van der Waals surface area (Å²) in [6, 6.07) is 14.1. The molecule has 0 aromatic heterocycles. The van der Waals surface area contributed by atoms with Crippen LogP contribution in [0.1, 0.15) is 11.7 Å². The molecular formula is C17H17BrFNO2. The van der Waals surface area contributed by atoms with Gasteiger partial charge in [-0.3, -0.25) is 0 Å². The molecule has 0 unspecified atom stereocenters. The van der Waals surface area contributed by atoms with Crippen LogP contribution in [0.3, 0.4) is 0 Å². The van der Waals surface area contributed by atoms with Crippen molar-refractivity contribution in [1.82, 2.24) is 5.32 Å². The second-order valence-corrected chi connectivity index (χ2v) is 5.99. The van der Waals surface area contributed by atoms with Gasteiger partial charge in [-0.1, -0.05) is 24.3 Å². The monoisotopic (exact) mass is 365 g/mol. The Morgan fingerprint density at radius 1 is 1.18 bits per heavy atom. The highest BCUT2D eigenvalue weighted by Gasteiger charge is 2.28. The SMILES string of the molecule is Fc1ccc([C@H](Oc2ccccc2Br)[C@H]2CNCCO2)cc1. The number of halogens is 2. The van der Waals surface area contributed by atoms with E-state index in [1.54, 1.807) is 12.1 Å². The third-order valence-electron chi connectivity index (χ3n) is 3.58. The summed E-state index contributed by atoms with van der Waals surface area (Å²) in [6.45, 7) is 2.18. The number of ether oxygens (including phenoxy) is 2. The maximum Gasteiger partial charge on any atom is 0.151 e. The molecule has 3 nitrogen and oxygen atoms in total. The molecule has 2 aromatic rings. The Bertz CT molecular complexity index is 614. The zero-order chi connectivity index (χ0) is 15.4. The first kappa shape index (κ1) is 15.5. The van der Waals surface area contributed by atoms with Crippen LogP contribution in [0.4, 0.5) is 4.39 Å². The lowest BCUT2D eigenvalue weighted by atomic mass is 10.0. The largest absolute Gasteiger partial charge is 0.482 e. The molecule has 1 aliphatic rings. The highest BCUT2D eigenvalue weighted by Crippen LogP contribution is 2.32. The summed E-state index contributed by atoms with van der Waals surface area (Å²) < 4.78 is 26.1. The predicted octanol–water partition coefficient (Wildman–Crippen LogP) is 3.70. The first-order valence-corrected chi connectivity index (χ1v) is 8.02. The van der Waals surface area contributed by atoms with Crippen molar-refractivity contribution in [3.8, 4) is 5.75 Å². The van der Waals surface area contributed by atoms with Crippen LogP contribution in [0.5, 0.6) is 5.75 Å². The number of hydrogen-bond donors (Lipinski definition) is 1. The van der Waals surface area contributed by atoms with E-state index in [0.717, 1.165) is 22.3 Å². The van der Waals surface area contributed by atoms with Gasteiger partial charge in [-0.25, -0.2) is 4.39 Å². The number of nitrogens with one attached hydrogen (secondary N) is 1. The maximum atomic E-state index is 13.2. The fourth-order valence-corrected chi connectivity index (χ4v) is 2.85. The van der Waals surface area contributed by atoms with E-state index in [-0.39, 0.29) is 18.0 Å². The molecular weight excluding hydrogens is 349 g/mol. The minimum Gasteiger partial charge on any atom is -0.482 e. The zero-order valence-corrected chi connectivity index (χ0v) is 13.6. The molecule has 0 amide bonds. The average molecular weight is 366 g/mol. The van der Waals surface area contributed by atoms with Crippen molar-refractivity contribution in [1.29, 1.82) is 0 Å². The molecule has 0 saturated carbocycles. The highest BCUT2D eigenvalue weighted by atomic mass is 79.9. The Kier molecular flexibility index (Phi) is 5.08. The summed E-state index contributed by atoms with van der Waals surface area (Å²) in [5.41, 5.74) is 0.894. The fraction of sp³-hybridized carbons (Fsp3) is 0.294. The molecule has 0 radical (unpaired) electrons. The van der Waals surface area contributed by atoms with Crippen LogP contribution in [-0.4, -0.2) is 25.8 Å². The smallest absolute Gasteiger partial charge is 0.151 e. The van der Waals surface area contributed by atoms with Crippen LogP contribution in [0.2, 0.25) is 0 Å². The molecule has 1 heterocycles. The normalized spacial score (nSPS) is 19.6. The molecule has 0 bridgehead atoms. The van der Waals surface area contributed by atoms with E-state index in [4.69, 9.17) is 9.47 Å². The Morgan fingerprint density at radius 3 is 2.64 bits per heavy atom. The first-order chi connectivity index (χ1) is 10.7. The summed E-state index contributed by atoms with van der Waals surface area (Å²) in [6.07, 6.45) is -0.418. The van der Waals surface area contributed by atoms with Gasteiger partial charge in [0.05, 0.1) is 11.1 Å². The van der Waals surface area contributed by atoms with E-state index in [9.17, 15) is 4.39 Å². The molecule has 5 heteroatoms. The van der Waals surface area contributed by atoms with Crippen molar-refractivity contribution < 1.29 is 13.9 Å². The van der Waals surface area contributed by atoms with Crippen LogP contribution in [0.25, 0.3) is 0 Å². The Balaban J connectivity index is 1.88. The number of benzene rings is 2. The minimum absolute atomic E-state index is 0.119. The molecule has 1 saturated heterocycles. The molecule has 0 aliphatic carbocycles. The van der Waals surface area contributed by atoms with Gasteiger partial charge in [-0.15, -0.1) is 0 Å². The second-order valence-electron chi connectivity index (χ2n) is 5.13. The third kappa shape index (κ3) is 3.66. The topological polar surface area (TPSA) is 30.5 Å². The van der Waals surface area contributed by atoms with E-state index >= 15 is 0 Å². The zero-order valence-electron chi connectivity index (χ0n) is 12.0. The summed E-state index contributed by atoms with van der Waals surface area (Å²) in [7, 11) is 0. The molecule has 22 heavy (non-hydrogen) atoms. The van der Waals surface area contributed by atoms with Gasteiger partial charge in [-0.05, 0) is 45.8 Å². The van der Waals surface area contributed by atoms with E-state index in [1.807, 2.05) is 24.3 Å². The molecule has 2 aromatic carbocycles. The van der Waals surface area contributed by atoms with Crippen LogP contribution in [0, 0.1) is 5.82 Å².